The topological polar surface area (TPSA) is 17.1 Å². The van der Waals surface area contributed by atoms with Gasteiger partial charge in [0.15, 0.2) is 5.78 Å². The van der Waals surface area contributed by atoms with E-state index in [9.17, 15) is 9.18 Å². The third-order valence-electron chi connectivity index (χ3n) is 2.79. The molecule has 0 spiro atoms. The zero-order valence-corrected chi connectivity index (χ0v) is 11.5. The third kappa shape index (κ3) is 2.51. The van der Waals surface area contributed by atoms with E-state index in [1.54, 1.807) is 24.3 Å². The number of carbonyl (C=O) groups excluding carboxylic acids is 1. The van der Waals surface area contributed by atoms with Crippen molar-refractivity contribution in [1.29, 1.82) is 0 Å². The molecule has 2 aromatic rings. The van der Waals surface area contributed by atoms with Crippen LogP contribution in [-0.2, 0) is 6.42 Å². The Morgan fingerprint density at radius 2 is 1.94 bits per heavy atom. The number of hydrogen-bond acceptors (Lipinski definition) is 1. The summed E-state index contributed by atoms with van der Waals surface area (Å²) in [6.45, 7) is 2.02. The number of benzene rings is 2. The number of aryl methyl sites for hydroxylation is 1. The minimum absolute atomic E-state index is 0.0887. The Balaban J connectivity index is 2.48. The van der Waals surface area contributed by atoms with E-state index in [-0.39, 0.29) is 11.3 Å². The highest BCUT2D eigenvalue weighted by Crippen LogP contribution is 2.23. The summed E-state index contributed by atoms with van der Waals surface area (Å²) >= 11 is 3.22. The van der Waals surface area contributed by atoms with Crippen LogP contribution < -0.4 is 0 Å². The van der Waals surface area contributed by atoms with E-state index in [1.165, 1.54) is 6.07 Å². The highest BCUT2D eigenvalue weighted by molar-refractivity contribution is 9.10. The minimum atomic E-state index is -0.503. The van der Waals surface area contributed by atoms with Crippen LogP contribution in [0.1, 0.15) is 28.4 Å². The Labute approximate surface area is 114 Å². The highest BCUT2D eigenvalue weighted by atomic mass is 79.9. The van der Waals surface area contributed by atoms with Gasteiger partial charge in [-0.1, -0.05) is 31.2 Å². The SMILES string of the molecule is CCc1cccc(C(=O)c2c(F)cccc2Br)c1. The van der Waals surface area contributed by atoms with Crippen LogP contribution in [0.3, 0.4) is 0 Å². The molecule has 0 aliphatic heterocycles. The summed E-state index contributed by atoms with van der Waals surface area (Å²) < 4.78 is 14.2. The number of carbonyl (C=O) groups is 1. The lowest BCUT2D eigenvalue weighted by atomic mass is 10.0. The molecule has 3 heteroatoms. The van der Waals surface area contributed by atoms with E-state index in [4.69, 9.17) is 0 Å². The van der Waals surface area contributed by atoms with Crippen molar-refractivity contribution >= 4 is 21.7 Å². The molecule has 0 bridgehead atoms. The van der Waals surface area contributed by atoms with E-state index in [1.807, 2.05) is 19.1 Å². The van der Waals surface area contributed by atoms with Crippen LogP contribution in [0.25, 0.3) is 0 Å². The second-order valence-corrected chi connectivity index (χ2v) is 4.83. The van der Waals surface area contributed by atoms with Gasteiger partial charge >= 0.3 is 0 Å². The monoisotopic (exact) mass is 306 g/mol. The van der Waals surface area contributed by atoms with Gasteiger partial charge in [0.25, 0.3) is 0 Å². The summed E-state index contributed by atoms with van der Waals surface area (Å²) in [5, 5.41) is 0. The summed E-state index contributed by atoms with van der Waals surface area (Å²) in [5.41, 5.74) is 1.67. The van der Waals surface area contributed by atoms with Crippen molar-refractivity contribution in [2.24, 2.45) is 0 Å². The van der Waals surface area contributed by atoms with Crippen molar-refractivity contribution in [1.82, 2.24) is 0 Å². The van der Waals surface area contributed by atoms with Gasteiger partial charge in [-0.05, 0) is 46.1 Å². The maximum Gasteiger partial charge on any atom is 0.197 e. The van der Waals surface area contributed by atoms with Gasteiger partial charge < -0.3 is 0 Å². The summed E-state index contributed by atoms with van der Waals surface area (Å²) in [6, 6.07) is 11.8. The fraction of sp³-hybridized carbons (Fsp3) is 0.133. The standard InChI is InChI=1S/C15H12BrFO/c1-2-10-5-3-6-11(9-10)15(18)14-12(16)7-4-8-13(14)17/h3-9H,2H2,1H3. The second-order valence-electron chi connectivity index (χ2n) is 3.98. The van der Waals surface area contributed by atoms with Crippen LogP contribution in [0.5, 0.6) is 0 Å². The second kappa shape index (κ2) is 5.44. The molecule has 0 aliphatic rings. The van der Waals surface area contributed by atoms with Gasteiger partial charge in [0.05, 0.1) is 5.56 Å². The molecule has 2 rings (SSSR count). The quantitative estimate of drug-likeness (QED) is 0.769. The molecule has 1 nitrogen and oxygen atoms in total. The largest absolute Gasteiger partial charge is 0.288 e. The molecule has 0 aliphatic carbocycles. The van der Waals surface area contributed by atoms with Gasteiger partial charge in [0.2, 0.25) is 0 Å². The third-order valence-corrected chi connectivity index (χ3v) is 3.45. The number of rotatable bonds is 3. The first-order chi connectivity index (χ1) is 8.63. The molecule has 2 aromatic carbocycles. The van der Waals surface area contributed by atoms with Crippen LogP contribution in [0.15, 0.2) is 46.9 Å². The molecule has 0 N–H and O–H groups in total. The predicted octanol–water partition coefficient (Wildman–Crippen LogP) is 4.38. The van der Waals surface area contributed by atoms with Gasteiger partial charge in [-0.2, -0.15) is 0 Å². The van der Waals surface area contributed by atoms with Crippen LogP contribution in [0.4, 0.5) is 4.39 Å². The van der Waals surface area contributed by atoms with Crippen molar-refractivity contribution in [3.63, 3.8) is 0 Å². The first-order valence-electron chi connectivity index (χ1n) is 5.71. The molecule has 0 aromatic heterocycles. The lowest BCUT2D eigenvalue weighted by Gasteiger charge is -2.06. The number of halogens is 2. The highest BCUT2D eigenvalue weighted by Gasteiger charge is 2.17. The smallest absolute Gasteiger partial charge is 0.197 e. The van der Waals surface area contributed by atoms with Crippen molar-refractivity contribution < 1.29 is 9.18 Å². The van der Waals surface area contributed by atoms with Crippen LogP contribution in [0.2, 0.25) is 0 Å². The van der Waals surface area contributed by atoms with Gasteiger partial charge in [0.1, 0.15) is 5.82 Å². The molecule has 18 heavy (non-hydrogen) atoms. The number of ketones is 1. The van der Waals surface area contributed by atoms with Gasteiger partial charge in [-0.15, -0.1) is 0 Å². The number of hydrogen-bond donors (Lipinski definition) is 0. The van der Waals surface area contributed by atoms with Crippen molar-refractivity contribution in [3.8, 4) is 0 Å². The average Bonchev–Trinajstić information content (AvgIpc) is 2.38. The van der Waals surface area contributed by atoms with Gasteiger partial charge in [0, 0.05) is 10.0 Å². The Morgan fingerprint density at radius 1 is 1.22 bits per heavy atom. The molecule has 0 fully saturated rings. The van der Waals surface area contributed by atoms with Crippen molar-refractivity contribution in [2.75, 3.05) is 0 Å². The summed E-state index contributed by atoms with van der Waals surface area (Å²) in [6.07, 6.45) is 0.847. The summed E-state index contributed by atoms with van der Waals surface area (Å²) in [7, 11) is 0. The van der Waals surface area contributed by atoms with Crippen molar-refractivity contribution in [3.05, 3.63) is 69.4 Å². The summed E-state index contributed by atoms with van der Waals surface area (Å²) in [5.74, 6) is -0.799. The Kier molecular flexibility index (Phi) is 3.92. The molecule has 0 radical (unpaired) electrons. The fourth-order valence-corrected chi connectivity index (χ4v) is 2.31. The summed E-state index contributed by atoms with van der Waals surface area (Å²) in [4.78, 5) is 12.3. The molecular weight excluding hydrogens is 295 g/mol. The predicted molar refractivity (Wildman–Crippen MR) is 73.4 cm³/mol. The Bertz CT molecular complexity index is 573. The lowest BCUT2D eigenvalue weighted by molar-refractivity contribution is 0.103. The molecule has 0 saturated carbocycles. The van der Waals surface area contributed by atoms with E-state index < -0.39 is 5.82 Å². The van der Waals surface area contributed by atoms with E-state index in [2.05, 4.69) is 15.9 Å². The first-order valence-corrected chi connectivity index (χ1v) is 6.50. The maximum absolute atomic E-state index is 13.7. The molecule has 0 saturated heterocycles. The van der Waals surface area contributed by atoms with Gasteiger partial charge in [-0.25, -0.2) is 4.39 Å². The molecule has 0 amide bonds. The molecule has 0 atom stereocenters. The minimum Gasteiger partial charge on any atom is -0.288 e. The average molecular weight is 307 g/mol. The lowest BCUT2D eigenvalue weighted by Crippen LogP contribution is -2.05. The Morgan fingerprint density at radius 3 is 2.61 bits per heavy atom. The zero-order valence-electron chi connectivity index (χ0n) is 9.91. The van der Waals surface area contributed by atoms with E-state index in [0.717, 1.165) is 12.0 Å². The van der Waals surface area contributed by atoms with Crippen molar-refractivity contribution in [2.45, 2.75) is 13.3 Å². The zero-order chi connectivity index (χ0) is 13.1. The molecule has 0 unspecified atom stereocenters. The maximum atomic E-state index is 13.7. The van der Waals surface area contributed by atoms with Gasteiger partial charge in [-0.3, -0.25) is 4.79 Å². The molecule has 92 valence electrons. The van der Waals surface area contributed by atoms with Crippen LogP contribution >= 0.6 is 15.9 Å². The van der Waals surface area contributed by atoms with Crippen LogP contribution in [0, 0.1) is 5.82 Å². The van der Waals surface area contributed by atoms with Crippen LogP contribution in [-0.4, -0.2) is 5.78 Å². The fourth-order valence-electron chi connectivity index (χ4n) is 1.79. The van der Waals surface area contributed by atoms with E-state index in [0.29, 0.717) is 10.0 Å². The van der Waals surface area contributed by atoms with E-state index >= 15 is 0 Å². The first kappa shape index (κ1) is 13.0. The molecule has 0 heterocycles. The Hall–Kier alpha value is -1.48. The molecular formula is C15H12BrFO. The normalized spacial score (nSPS) is 10.4.